The molecule has 0 radical (unpaired) electrons. The molecule has 6 nitrogen and oxygen atoms in total. The number of urea groups is 1. The zero-order valence-corrected chi connectivity index (χ0v) is 11.1. The molecule has 0 spiro atoms. The monoisotopic (exact) mass is 263 g/mol. The molecule has 0 bridgehead atoms. The number of fused-ring (bicyclic) bond motifs is 1. The van der Waals surface area contributed by atoms with Crippen LogP contribution in [0.25, 0.3) is 0 Å². The van der Waals surface area contributed by atoms with E-state index < -0.39 is 6.10 Å². The molecule has 3 N–H and O–H groups in total. The summed E-state index contributed by atoms with van der Waals surface area (Å²) in [6.07, 6.45) is -0.535. The fourth-order valence-electron chi connectivity index (χ4n) is 1.75. The standard InChI is InChI=1S/C13H17N3O3/c1-7(2)14-13(18)15-9-5-4-6-10-11(9)16-12(17)8(3)19-10/h4-8H,1-3H3,(H,16,17)(H2,14,15,18). The van der Waals surface area contributed by atoms with Crippen LogP contribution in [0.3, 0.4) is 0 Å². The Morgan fingerprint density at radius 3 is 2.84 bits per heavy atom. The van der Waals surface area contributed by atoms with Gasteiger partial charge in [-0.3, -0.25) is 4.79 Å². The number of ether oxygens (including phenoxy) is 1. The van der Waals surface area contributed by atoms with E-state index in [1.807, 2.05) is 13.8 Å². The Morgan fingerprint density at radius 2 is 2.16 bits per heavy atom. The van der Waals surface area contributed by atoms with Gasteiger partial charge in [0.2, 0.25) is 0 Å². The van der Waals surface area contributed by atoms with Crippen molar-refractivity contribution in [3.8, 4) is 5.75 Å². The van der Waals surface area contributed by atoms with Crippen molar-refractivity contribution in [1.82, 2.24) is 5.32 Å². The normalized spacial score (nSPS) is 17.3. The Hall–Kier alpha value is -2.24. The van der Waals surface area contributed by atoms with Gasteiger partial charge in [-0.15, -0.1) is 0 Å². The van der Waals surface area contributed by atoms with Crippen LogP contribution in [0.15, 0.2) is 18.2 Å². The third-order valence-electron chi connectivity index (χ3n) is 2.62. The van der Waals surface area contributed by atoms with Crippen LogP contribution in [0.2, 0.25) is 0 Å². The summed E-state index contributed by atoms with van der Waals surface area (Å²) >= 11 is 0. The first kappa shape index (κ1) is 13.2. The average molecular weight is 263 g/mol. The van der Waals surface area contributed by atoms with Crippen LogP contribution in [0.5, 0.6) is 5.75 Å². The maximum absolute atomic E-state index is 11.7. The molecule has 19 heavy (non-hydrogen) atoms. The molecule has 102 valence electrons. The van der Waals surface area contributed by atoms with Crippen LogP contribution in [0.4, 0.5) is 16.2 Å². The van der Waals surface area contributed by atoms with E-state index in [2.05, 4.69) is 16.0 Å². The van der Waals surface area contributed by atoms with Crippen molar-refractivity contribution < 1.29 is 14.3 Å². The van der Waals surface area contributed by atoms with Gasteiger partial charge in [0.25, 0.3) is 5.91 Å². The number of carbonyl (C=O) groups is 2. The zero-order valence-electron chi connectivity index (χ0n) is 11.1. The highest BCUT2D eigenvalue weighted by atomic mass is 16.5. The Kier molecular flexibility index (Phi) is 3.59. The zero-order chi connectivity index (χ0) is 14.0. The summed E-state index contributed by atoms with van der Waals surface area (Å²) in [6.45, 7) is 5.41. The molecule has 2 rings (SSSR count). The first-order valence-electron chi connectivity index (χ1n) is 6.15. The summed E-state index contributed by atoms with van der Waals surface area (Å²) in [4.78, 5) is 23.3. The van der Waals surface area contributed by atoms with Crippen molar-refractivity contribution in [2.75, 3.05) is 10.6 Å². The summed E-state index contributed by atoms with van der Waals surface area (Å²) in [7, 11) is 0. The van der Waals surface area contributed by atoms with Gasteiger partial charge in [0.15, 0.2) is 6.10 Å². The van der Waals surface area contributed by atoms with Gasteiger partial charge in [-0.2, -0.15) is 0 Å². The highest BCUT2D eigenvalue weighted by Crippen LogP contribution is 2.36. The molecule has 6 heteroatoms. The lowest BCUT2D eigenvalue weighted by Crippen LogP contribution is -2.37. The molecule has 3 amide bonds. The summed E-state index contributed by atoms with van der Waals surface area (Å²) in [5, 5.41) is 8.14. The van der Waals surface area contributed by atoms with E-state index in [1.165, 1.54) is 0 Å². The minimum atomic E-state index is -0.535. The Morgan fingerprint density at radius 1 is 1.42 bits per heavy atom. The first-order valence-corrected chi connectivity index (χ1v) is 6.15. The van der Waals surface area contributed by atoms with Crippen LogP contribution >= 0.6 is 0 Å². The third-order valence-corrected chi connectivity index (χ3v) is 2.62. The molecule has 1 atom stereocenters. The van der Waals surface area contributed by atoms with Gasteiger partial charge in [-0.1, -0.05) is 6.07 Å². The summed E-state index contributed by atoms with van der Waals surface area (Å²) < 4.78 is 5.46. The minimum Gasteiger partial charge on any atom is -0.479 e. The smallest absolute Gasteiger partial charge is 0.319 e. The van der Waals surface area contributed by atoms with Gasteiger partial charge < -0.3 is 20.7 Å². The first-order chi connectivity index (χ1) is 8.97. The number of benzene rings is 1. The van der Waals surface area contributed by atoms with E-state index in [0.29, 0.717) is 17.1 Å². The topological polar surface area (TPSA) is 79.5 Å². The Labute approximate surface area is 111 Å². The van der Waals surface area contributed by atoms with Crippen molar-refractivity contribution in [3.05, 3.63) is 18.2 Å². The molecule has 1 aromatic rings. The van der Waals surface area contributed by atoms with Crippen LogP contribution in [0, 0.1) is 0 Å². The predicted octanol–water partition coefficient (Wildman–Crippen LogP) is 1.94. The van der Waals surface area contributed by atoms with Crippen molar-refractivity contribution >= 4 is 23.3 Å². The lowest BCUT2D eigenvalue weighted by molar-refractivity contribution is -0.122. The number of hydrogen-bond donors (Lipinski definition) is 3. The lowest BCUT2D eigenvalue weighted by Gasteiger charge is -2.25. The second-order valence-electron chi connectivity index (χ2n) is 4.68. The number of para-hydroxylation sites is 1. The molecule has 1 heterocycles. The van der Waals surface area contributed by atoms with E-state index >= 15 is 0 Å². The third kappa shape index (κ3) is 2.96. The Balaban J connectivity index is 2.21. The number of anilines is 2. The summed E-state index contributed by atoms with van der Waals surface area (Å²) in [6, 6.07) is 4.92. The maximum Gasteiger partial charge on any atom is 0.319 e. The molecule has 1 aromatic carbocycles. The number of amides is 3. The summed E-state index contributed by atoms with van der Waals surface area (Å²) in [5.74, 6) is 0.320. The van der Waals surface area contributed by atoms with Gasteiger partial charge >= 0.3 is 6.03 Å². The van der Waals surface area contributed by atoms with Gasteiger partial charge in [-0.25, -0.2) is 4.79 Å². The molecule has 0 aliphatic carbocycles. The van der Waals surface area contributed by atoms with Crippen molar-refractivity contribution in [3.63, 3.8) is 0 Å². The fraction of sp³-hybridized carbons (Fsp3) is 0.385. The Bertz CT molecular complexity index is 514. The van der Waals surface area contributed by atoms with Crippen LogP contribution in [-0.2, 0) is 4.79 Å². The molecule has 0 aromatic heterocycles. The van der Waals surface area contributed by atoms with Gasteiger partial charge in [0.05, 0.1) is 5.69 Å². The second kappa shape index (κ2) is 5.17. The molecular weight excluding hydrogens is 246 g/mol. The van der Waals surface area contributed by atoms with Gasteiger partial charge in [0.1, 0.15) is 11.4 Å². The number of rotatable bonds is 2. The summed E-state index contributed by atoms with van der Waals surface area (Å²) in [5.41, 5.74) is 1.00. The van der Waals surface area contributed by atoms with Crippen molar-refractivity contribution in [2.24, 2.45) is 0 Å². The van der Waals surface area contributed by atoms with E-state index in [9.17, 15) is 9.59 Å². The molecular formula is C13H17N3O3. The maximum atomic E-state index is 11.7. The highest BCUT2D eigenvalue weighted by molar-refractivity contribution is 6.03. The molecule has 0 saturated heterocycles. The highest BCUT2D eigenvalue weighted by Gasteiger charge is 2.25. The van der Waals surface area contributed by atoms with E-state index in [-0.39, 0.29) is 18.0 Å². The van der Waals surface area contributed by atoms with Crippen molar-refractivity contribution in [2.45, 2.75) is 32.9 Å². The van der Waals surface area contributed by atoms with E-state index in [4.69, 9.17) is 4.74 Å². The van der Waals surface area contributed by atoms with Crippen molar-refractivity contribution in [1.29, 1.82) is 0 Å². The molecule has 1 aliphatic heterocycles. The van der Waals surface area contributed by atoms with Crippen LogP contribution in [0.1, 0.15) is 20.8 Å². The van der Waals surface area contributed by atoms with Crippen LogP contribution < -0.4 is 20.7 Å². The second-order valence-corrected chi connectivity index (χ2v) is 4.68. The molecule has 0 fully saturated rings. The number of carbonyl (C=O) groups excluding carboxylic acids is 2. The fourth-order valence-corrected chi connectivity index (χ4v) is 1.75. The molecule has 1 aliphatic rings. The average Bonchev–Trinajstić information content (AvgIpc) is 2.30. The SMILES string of the molecule is CC(C)NC(=O)Nc1cccc2c1NC(=O)C(C)O2. The van der Waals surface area contributed by atoms with E-state index in [1.54, 1.807) is 25.1 Å². The number of nitrogens with one attached hydrogen (secondary N) is 3. The lowest BCUT2D eigenvalue weighted by atomic mass is 10.2. The van der Waals surface area contributed by atoms with E-state index in [0.717, 1.165) is 0 Å². The minimum absolute atomic E-state index is 0.0328. The van der Waals surface area contributed by atoms with Gasteiger partial charge in [-0.05, 0) is 32.9 Å². The molecule has 0 saturated carbocycles. The predicted molar refractivity (Wildman–Crippen MR) is 72.5 cm³/mol. The van der Waals surface area contributed by atoms with Gasteiger partial charge in [0, 0.05) is 6.04 Å². The number of hydrogen-bond acceptors (Lipinski definition) is 3. The molecule has 1 unspecified atom stereocenters. The largest absolute Gasteiger partial charge is 0.479 e. The van der Waals surface area contributed by atoms with Crippen LogP contribution in [-0.4, -0.2) is 24.1 Å². The quantitative estimate of drug-likeness (QED) is 0.762.